The van der Waals surface area contributed by atoms with Crippen LogP contribution in [-0.2, 0) is 0 Å². The van der Waals surface area contributed by atoms with Crippen LogP contribution in [0.4, 0.5) is 8.78 Å². The maximum atomic E-state index is 13.3. The predicted octanol–water partition coefficient (Wildman–Crippen LogP) is 2.49. The van der Waals surface area contributed by atoms with Crippen molar-refractivity contribution in [2.75, 3.05) is 13.2 Å². The summed E-state index contributed by atoms with van der Waals surface area (Å²) >= 11 is 0. The van der Waals surface area contributed by atoms with E-state index in [4.69, 9.17) is 5.11 Å². The SMILES string of the molecule is CC(C)(CO)CCCNC(=O)c1cc(F)ccc1F. The molecule has 1 aromatic carbocycles. The molecule has 2 N–H and O–H groups in total. The summed E-state index contributed by atoms with van der Waals surface area (Å²) in [5, 5.41) is 11.6. The number of nitrogens with one attached hydrogen (secondary N) is 1. The van der Waals surface area contributed by atoms with Gasteiger partial charge in [-0.15, -0.1) is 0 Å². The van der Waals surface area contributed by atoms with Crippen molar-refractivity contribution in [1.82, 2.24) is 5.32 Å². The fourth-order valence-electron chi connectivity index (χ4n) is 1.61. The molecule has 0 aliphatic carbocycles. The Morgan fingerprint density at radius 2 is 2.05 bits per heavy atom. The third-order valence-electron chi connectivity index (χ3n) is 2.92. The zero-order chi connectivity index (χ0) is 14.5. The number of hydrogen-bond donors (Lipinski definition) is 2. The molecule has 1 aromatic rings. The average Bonchev–Trinajstić information content (AvgIpc) is 2.37. The number of carbonyl (C=O) groups excluding carboxylic acids is 1. The summed E-state index contributed by atoms with van der Waals surface area (Å²) in [4.78, 5) is 11.6. The van der Waals surface area contributed by atoms with Gasteiger partial charge < -0.3 is 10.4 Å². The van der Waals surface area contributed by atoms with Gasteiger partial charge in [-0.25, -0.2) is 8.78 Å². The third kappa shape index (κ3) is 4.95. The van der Waals surface area contributed by atoms with Gasteiger partial charge in [0.15, 0.2) is 0 Å². The van der Waals surface area contributed by atoms with E-state index in [1.807, 2.05) is 13.8 Å². The molecule has 106 valence electrons. The van der Waals surface area contributed by atoms with Gasteiger partial charge in [0.1, 0.15) is 11.6 Å². The van der Waals surface area contributed by atoms with Crippen molar-refractivity contribution in [2.45, 2.75) is 26.7 Å². The maximum absolute atomic E-state index is 13.3. The Balaban J connectivity index is 2.46. The minimum Gasteiger partial charge on any atom is -0.396 e. The minimum absolute atomic E-state index is 0.0689. The first-order chi connectivity index (χ1) is 8.85. The molecule has 5 heteroatoms. The lowest BCUT2D eigenvalue weighted by atomic mass is 9.89. The zero-order valence-corrected chi connectivity index (χ0v) is 11.2. The largest absolute Gasteiger partial charge is 0.396 e. The van der Waals surface area contributed by atoms with E-state index in [0.717, 1.165) is 24.6 Å². The lowest BCUT2D eigenvalue weighted by Gasteiger charge is -2.21. The molecular formula is C14H19F2NO2. The summed E-state index contributed by atoms with van der Waals surface area (Å²) in [6, 6.07) is 2.78. The molecule has 0 saturated heterocycles. The molecule has 0 aliphatic heterocycles. The van der Waals surface area contributed by atoms with Crippen molar-refractivity contribution < 1.29 is 18.7 Å². The molecule has 0 spiro atoms. The highest BCUT2D eigenvalue weighted by molar-refractivity contribution is 5.94. The van der Waals surface area contributed by atoms with Crippen LogP contribution < -0.4 is 5.32 Å². The van der Waals surface area contributed by atoms with Crippen LogP contribution in [0.5, 0.6) is 0 Å². The molecule has 19 heavy (non-hydrogen) atoms. The second kappa shape index (κ2) is 6.61. The lowest BCUT2D eigenvalue weighted by molar-refractivity contribution is 0.0944. The molecule has 0 aromatic heterocycles. The standard InChI is InChI=1S/C14H19F2NO2/c1-14(2,9-18)6-3-7-17-13(19)11-8-10(15)4-5-12(11)16/h4-5,8,18H,3,6-7,9H2,1-2H3,(H,17,19). The summed E-state index contributed by atoms with van der Waals surface area (Å²) < 4.78 is 26.2. The molecule has 0 fully saturated rings. The smallest absolute Gasteiger partial charge is 0.254 e. The average molecular weight is 271 g/mol. The van der Waals surface area contributed by atoms with Gasteiger partial charge in [-0.1, -0.05) is 13.8 Å². The van der Waals surface area contributed by atoms with Gasteiger partial charge >= 0.3 is 0 Å². The van der Waals surface area contributed by atoms with Crippen LogP contribution in [0, 0.1) is 17.0 Å². The van der Waals surface area contributed by atoms with Gasteiger partial charge in [-0.05, 0) is 36.5 Å². The van der Waals surface area contributed by atoms with E-state index in [1.165, 1.54) is 0 Å². The highest BCUT2D eigenvalue weighted by Crippen LogP contribution is 2.20. The Morgan fingerprint density at radius 3 is 2.68 bits per heavy atom. The number of benzene rings is 1. The minimum atomic E-state index is -0.741. The zero-order valence-electron chi connectivity index (χ0n) is 11.2. The van der Waals surface area contributed by atoms with Gasteiger partial charge in [0, 0.05) is 13.2 Å². The Kier molecular flexibility index (Phi) is 5.42. The molecule has 0 radical (unpaired) electrons. The first kappa shape index (κ1) is 15.6. The normalized spacial score (nSPS) is 11.4. The van der Waals surface area contributed by atoms with Crippen molar-refractivity contribution in [3.63, 3.8) is 0 Å². The van der Waals surface area contributed by atoms with Gasteiger partial charge in [-0.2, -0.15) is 0 Å². The number of amides is 1. The van der Waals surface area contributed by atoms with Gasteiger partial charge in [0.05, 0.1) is 5.56 Å². The summed E-state index contributed by atoms with van der Waals surface area (Å²) in [5.41, 5.74) is -0.490. The van der Waals surface area contributed by atoms with Crippen LogP contribution in [0.15, 0.2) is 18.2 Å². The summed E-state index contributed by atoms with van der Waals surface area (Å²) in [6.07, 6.45) is 1.39. The Morgan fingerprint density at radius 1 is 1.37 bits per heavy atom. The van der Waals surface area contributed by atoms with Crippen molar-refractivity contribution in [2.24, 2.45) is 5.41 Å². The number of aliphatic hydroxyl groups is 1. The predicted molar refractivity (Wildman–Crippen MR) is 68.8 cm³/mol. The molecule has 1 amide bonds. The number of rotatable bonds is 6. The number of hydrogen-bond acceptors (Lipinski definition) is 2. The second-order valence-electron chi connectivity index (χ2n) is 5.31. The Labute approximate surface area is 111 Å². The van der Waals surface area contributed by atoms with Gasteiger partial charge in [-0.3, -0.25) is 4.79 Å². The molecule has 0 unspecified atom stereocenters. The molecule has 0 atom stereocenters. The summed E-state index contributed by atoms with van der Waals surface area (Å²) in [5.74, 6) is -2.01. The van der Waals surface area contributed by atoms with Crippen molar-refractivity contribution in [1.29, 1.82) is 0 Å². The summed E-state index contributed by atoms with van der Waals surface area (Å²) in [7, 11) is 0. The third-order valence-corrected chi connectivity index (χ3v) is 2.92. The molecular weight excluding hydrogens is 252 g/mol. The highest BCUT2D eigenvalue weighted by atomic mass is 19.1. The van der Waals surface area contributed by atoms with E-state index in [2.05, 4.69) is 5.32 Å². The highest BCUT2D eigenvalue weighted by Gasteiger charge is 2.16. The quantitative estimate of drug-likeness (QED) is 0.781. The summed E-state index contributed by atoms with van der Waals surface area (Å²) in [6.45, 7) is 4.26. The lowest BCUT2D eigenvalue weighted by Crippen LogP contribution is -2.27. The molecule has 0 heterocycles. The van der Waals surface area contributed by atoms with Crippen LogP contribution >= 0.6 is 0 Å². The van der Waals surface area contributed by atoms with Crippen molar-refractivity contribution in [3.05, 3.63) is 35.4 Å². The van der Waals surface area contributed by atoms with Crippen LogP contribution in [0.2, 0.25) is 0 Å². The molecule has 0 saturated carbocycles. The van der Waals surface area contributed by atoms with Crippen molar-refractivity contribution in [3.8, 4) is 0 Å². The number of aliphatic hydroxyl groups excluding tert-OH is 1. The van der Waals surface area contributed by atoms with Gasteiger partial charge in [0.2, 0.25) is 0 Å². The van der Waals surface area contributed by atoms with E-state index in [9.17, 15) is 13.6 Å². The molecule has 0 aliphatic rings. The monoisotopic (exact) mass is 271 g/mol. The Hall–Kier alpha value is -1.49. The number of halogens is 2. The van der Waals surface area contributed by atoms with E-state index in [1.54, 1.807) is 0 Å². The first-order valence-electron chi connectivity index (χ1n) is 6.20. The van der Waals surface area contributed by atoms with Gasteiger partial charge in [0.25, 0.3) is 5.91 Å². The van der Waals surface area contributed by atoms with E-state index < -0.39 is 17.5 Å². The van der Waals surface area contributed by atoms with Crippen LogP contribution in [0.1, 0.15) is 37.0 Å². The molecule has 1 rings (SSSR count). The topological polar surface area (TPSA) is 49.3 Å². The second-order valence-corrected chi connectivity index (χ2v) is 5.31. The van der Waals surface area contributed by atoms with Crippen LogP contribution in [0.25, 0.3) is 0 Å². The molecule has 3 nitrogen and oxygen atoms in total. The fourth-order valence-corrected chi connectivity index (χ4v) is 1.61. The fraction of sp³-hybridized carbons (Fsp3) is 0.500. The molecule has 0 bridgehead atoms. The van der Waals surface area contributed by atoms with Crippen LogP contribution in [0.3, 0.4) is 0 Å². The first-order valence-corrected chi connectivity index (χ1v) is 6.20. The van der Waals surface area contributed by atoms with E-state index in [0.29, 0.717) is 13.0 Å². The number of carbonyl (C=O) groups is 1. The Bertz CT molecular complexity index is 447. The van der Waals surface area contributed by atoms with E-state index in [-0.39, 0.29) is 17.6 Å². The van der Waals surface area contributed by atoms with Crippen molar-refractivity contribution >= 4 is 5.91 Å². The van der Waals surface area contributed by atoms with Crippen LogP contribution in [-0.4, -0.2) is 24.2 Å². The van der Waals surface area contributed by atoms with E-state index >= 15 is 0 Å². The maximum Gasteiger partial charge on any atom is 0.254 e.